The average molecular weight is 342 g/mol. The molecule has 0 atom stereocenters. The molecule has 0 N–H and O–H groups in total. The molecule has 1 aliphatic carbocycles. The summed E-state index contributed by atoms with van der Waals surface area (Å²) in [5.74, 6) is -0.865. The lowest BCUT2D eigenvalue weighted by atomic mass is 9.94. The summed E-state index contributed by atoms with van der Waals surface area (Å²) in [7, 11) is 4.31. The molecule has 1 aliphatic rings. The van der Waals surface area contributed by atoms with Gasteiger partial charge in [-0.15, -0.1) is 0 Å². The first-order valence-corrected chi connectivity index (χ1v) is 7.24. The maximum atomic E-state index is 12.9. The van der Waals surface area contributed by atoms with Gasteiger partial charge in [0.1, 0.15) is 12.0 Å². The van der Waals surface area contributed by atoms with Crippen molar-refractivity contribution >= 4 is 23.4 Å². The summed E-state index contributed by atoms with van der Waals surface area (Å²) in [6.45, 7) is 0. The molecule has 7 heteroatoms. The third-order valence-corrected chi connectivity index (χ3v) is 3.83. The van der Waals surface area contributed by atoms with Crippen molar-refractivity contribution < 1.29 is 33.0 Å². The van der Waals surface area contributed by atoms with Crippen LogP contribution in [0.3, 0.4) is 0 Å². The van der Waals surface area contributed by atoms with E-state index in [0.29, 0.717) is 17.2 Å². The van der Waals surface area contributed by atoms with Crippen molar-refractivity contribution in [1.82, 2.24) is 0 Å². The van der Waals surface area contributed by atoms with Crippen LogP contribution in [-0.2, 0) is 4.79 Å². The predicted molar refractivity (Wildman–Crippen MR) is 86.6 cm³/mol. The third-order valence-electron chi connectivity index (χ3n) is 3.83. The first-order chi connectivity index (χ1) is 12.0. The fourth-order valence-electron chi connectivity index (χ4n) is 2.61. The lowest BCUT2D eigenvalue weighted by Crippen LogP contribution is -2.18. The minimum absolute atomic E-state index is 0.00646. The minimum atomic E-state index is -0.776. The van der Waals surface area contributed by atoms with Crippen LogP contribution in [-0.4, -0.2) is 38.7 Å². The number of hydrogen-bond acceptors (Lipinski definition) is 7. The molecule has 0 amide bonds. The number of Topliss-reactive ketones (excluding diaryl/α,β-unsaturated/α-hetero) is 1. The van der Waals surface area contributed by atoms with Crippen molar-refractivity contribution in [1.29, 1.82) is 0 Å². The summed E-state index contributed by atoms with van der Waals surface area (Å²) in [5.41, 5.74) is 0.172. The van der Waals surface area contributed by atoms with Crippen LogP contribution in [0, 0.1) is 0 Å². The van der Waals surface area contributed by atoms with Gasteiger partial charge in [0.25, 0.3) is 0 Å². The van der Waals surface area contributed by atoms with Crippen LogP contribution in [0.1, 0.15) is 32.0 Å². The second kappa shape index (κ2) is 6.27. The number of ether oxygens (including phenoxy) is 3. The number of ketones is 3. The van der Waals surface area contributed by atoms with Crippen molar-refractivity contribution in [2.24, 2.45) is 0 Å². The van der Waals surface area contributed by atoms with E-state index < -0.39 is 17.3 Å². The highest BCUT2D eigenvalue weighted by Gasteiger charge is 2.31. The number of hydrogen-bond donors (Lipinski definition) is 0. The monoisotopic (exact) mass is 342 g/mol. The highest BCUT2D eigenvalue weighted by Crippen LogP contribution is 2.39. The molecule has 1 aromatic carbocycles. The number of carbonyl (C=O) groups is 3. The molecule has 1 heterocycles. The van der Waals surface area contributed by atoms with Gasteiger partial charge in [0.2, 0.25) is 17.3 Å². The molecule has 25 heavy (non-hydrogen) atoms. The number of benzene rings is 1. The molecule has 7 nitrogen and oxygen atoms in total. The zero-order valence-electron chi connectivity index (χ0n) is 13.7. The molecule has 0 bridgehead atoms. The first-order valence-electron chi connectivity index (χ1n) is 7.24. The van der Waals surface area contributed by atoms with Crippen molar-refractivity contribution in [2.75, 3.05) is 21.3 Å². The van der Waals surface area contributed by atoms with Crippen LogP contribution in [0.15, 0.2) is 28.9 Å². The topological polar surface area (TPSA) is 92.0 Å². The van der Waals surface area contributed by atoms with Gasteiger partial charge in [-0.1, -0.05) is 0 Å². The highest BCUT2D eigenvalue weighted by atomic mass is 16.5. The molecular weight excluding hydrogens is 328 g/mol. The number of fused-ring (bicyclic) bond motifs is 1. The SMILES string of the molecule is COc1cc(C(=O)c2coc3c2C(=O)C(=O)C=C3)cc(OC)c1OC. The van der Waals surface area contributed by atoms with Gasteiger partial charge in [0.15, 0.2) is 17.3 Å². The number of furan rings is 1. The number of carbonyl (C=O) groups excluding carboxylic acids is 3. The van der Waals surface area contributed by atoms with Gasteiger partial charge in [-0.25, -0.2) is 0 Å². The fraction of sp³-hybridized carbons (Fsp3) is 0.167. The van der Waals surface area contributed by atoms with E-state index in [1.807, 2.05) is 0 Å². The molecule has 0 saturated heterocycles. The van der Waals surface area contributed by atoms with Crippen LogP contribution in [0.2, 0.25) is 0 Å². The van der Waals surface area contributed by atoms with Crippen LogP contribution in [0.25, 0.3) is 6.08 Å². The summed E-state index contributed by atoms with van der Waals surface area (Å²) >= 11 is 0. The minimum Gasteiger partial charge on any atom is -0.493 e. The summed E-state index contributed by atoms with van der Waals surface area (Å²) in [6.07, 6.45) is 3.64. The van der Waals surface area contributed by atoms with Gasteiger partial charge >= 0.3 is 0 Å². The first kappa shape index (κ1) is 16.5. The van der Waals surface area contributed by atoms with Gasteiger partial charge in [0.05, 0.1) is 32.5 Å². The zero-order valence-corrected chi connectivity index (χ0v) is 13.7. The van der Waals surface area contributed by atoms with E-state index in [0.717, 1.165) is 12.3 Å². The van der Waals surface area contributed by atoms with Crippen molar-refractivity contribution in [3.05, 3.63) is 46.9 Å². The van der Waals surface area contributed by atoms with E-state index in [1.165, 1.54) is 39.5 Å². The molecular formula is C18H14O7. The van der Waals surface area contributed by atoms with E-state index in [-0.39, 0.29) is 22.5 Å². The normalized spacial score (nSPS) is 12.8. The zero-order chi connectivity index (χ0) is 18.1. The van der Waals surface area contributed by atoms with Gasteiger partial charge < -0.3 is 18.6 Å². The quantitative estimate of drug-likeness (QED) is 0.608. The van der Waals surface area contributed by atoms with E-state index in [1.54, 1.807) is 0 Å². The Morgan fingerprint density at radius 2 is 1.60 bits per heavy atom. The van der Waals surface area contributed by atoms with Crippen LogP contribution in [0.4, 0.5) is 0 Å². The van der Waals surface area contributed by atoms with Crippen molar-refractivity contribution in [3.8, 4) is 17.2 Å². The molecule has 128 valence electrons. The molecule has 0 spiro atoms. The molecule has 1 aromatic heterocycles. The average Bonchev–Trinajstić information content (AvgIpc) is 3.07. The maximum absolute atomic E-state index is 12.9. The molecule has 2 aromatic rings. The van der Waals surface area contributed by atoms with E-state index >= 15 is 0 Å². The number of allylic oxidation sites excluding steroid dienone is 1. The largest absolute Gasteiger partial charge is 0.493 e. The summed E-state index contributed by atoms with van der Waals surface area (Å²) in [4.78, 5) is 36.6. The summed E-state index contributed by atoms with van der Waals surface area (Å²) < 4.78 is 20.9. The second-order valence-corrected chi connectivity index (χ2v) is 5.16. The van der Waals surface area contributed by atoms with E-state index in [4.69, 9.17) is 18.6 Å². The fourth-order valence-corrected chi connectivity index (χ4v) is 2.61. The number of rotatable bonds is 5. The lowest BCUT2D eigenvalue weighted by Gasteiger charge is -2.13. The number of methoxy groups -OCH3 is 3. The van der Waals surface area contributed by atoms with Gasteiger partial charge in [-0.2, -0.15) is 0 Å². The highest BCUT2D eigenvalue weighted by molar-refractivity contribution is 6.51. The van der Waals surface area contributed by atoms with Crippen molar-refractivity contribution in [2.45, 2.75) is 0 Å². The van der Waals surface area contributed by atoms with Crippen molar-refractivity contribution in [3.63, 3.8) is 0 Å². The Balaban J connectivity index is 2.12. The van der Waals surface area contributed by atoms with E-state index in [9.17, 15) is 14.4 Å². The summed E-state index contributed by atoms with van der Waals surface area (Å²) in [5, 5.41) is 0. The van der Waals surface area contributed by atoms with Gasteiger partial charge in [-0.05, 0) is 24.3 Å². The van der Waals surface area contributed by atoms with Gasteiger partial charge in [0, 0.05) is 5.56 Å². The Morgan fingerprint density at radius 1 is 0.960 bits per heavy atom. The van der Waals surface area contributed by atoms with E-state index in [2.05, 4.69) is 0 Å². The Hall–Kier alpha value is -3.35. The molecule has 3 rings (SSSR count). The molecule has 0 fully saturated rings. The van der Waals surface area contributed by atoms with Crippen LogP contribution < -0.4 is 14.2 Å². The molecule has 0 saturated carbocycles. The smallest absolute Gasteiger partial charge is 0.237 e. The Kier molecular flexibility index (Phi) is 4.14. The van der Waals surface area contributed by atoms with Crippen LogP contribution >= 0.6 is 0 Å². The molecule has 0 aliphatic heterocycles. The Labute approximate surface area is 142 Å². The molecule has 0 radical (unpaired) electrons. The standard InChI is InChI=1S/C18H14O7/c1-22-13-6-9(7-14(23-2)18(13)24-3)16(20)10-8-25-12-5-4-11(19)17(21)15(10)12/h4-8H,1-3H3. The maximum Gasteiger partial charge on any atom is 0.237 e. The lowest BCUT2D eigenvalue weighted by molar-refractivity contribution is -0.110. The van der Waals surface area contributed by atoms with Gasteiger partial charge in [-0.3, -0.25) is 14.4 Å². The third kappa shape index (κ3) is 2.59. The molecule has 0 unspecified atom stereocenters. The van der Waals surface area contributed by atoms with Crippen LogP contribution in [0.5, 0.6) is 17.2 Å². The Bertz CT molecular complexity index is 892. The summed E-state index contributed by atoms with van der Waals surface area (Å²) in [6, 6.07) is 2.93. The second-order valence-electron chi connectivity index (χ2n) is 5.16. The predicted octanol–water partition coefficient (Wildman–Crippen LogP) is 2.32. The Morgan fingerprint density at radius 3 is 2.16 bits per heavy atom.